The molecule has 0 amide bonds. The Morgan fingerprint density at radius 2 is 2.18 bits per heavy atom. The van der Waals surface area contributed by atoms with E-state index in [4.69, 9.17) is 21.2 Å². The quantitative estimate of drug-likeness (QED) is 0.725. The molecule has 1 unspecified atom stereocenters. The number of nitrogens with one attached hydrogen (secondary N) is 1. The highest BCUT2D eigenvalue weighted by atomic mass is 35.5. The topological polar surface area (TPSA) is 73.6 Å². The number of aromatic nitrogens is 3. The zero-order chi connectivity index (χ0) is 19.7. The van der Waals surface area contributed by atoms with E-state index >= 15 is 0 Å². The van der Waals surface area contributed by atoms with Gasteiger partial charge in [-0.05, 0) is 36.8 Å². The third kappa shape index (κ3) is 3.50. The number of aryl methyl sites for hydroxylation is 1. The van der Waals surface area contributed by atoms with Gasteiger partial charge in [-0.3, -0.25) is 0 Å². The Bertz CT molecular complexity index is 1050. The lowest BCUT2D eigenvalue weighted by atomic mass is 10.1. The molecule has 0 saturated carbocycles. The molecule has 2 aromatic heterocycles. The molecule has 0 bridgehead atoms. The lowest BCUT2D eigenvalue weighted by Gasteiger charge is -2.24. The summed E-state index contributed by atoms with van der Waals surface area (Å²) in [5.74, 6) is 0.405. The van der Waals surface area contributed by atoms with Crippen LogP contribution in [0.5, 0.6) is 5.88 Å². The van der Waals surface area contributed by atoms with Gasteiger partial charge in [-0.2, -0.15) is 0 Å². The molecular weight excluding hydrogens is 385 g/mol. The summed E-state index contributed by atoms with van der Waals surface area (Å²) < 4.78 is 20.7. The largest absolute Gasteiger partial charge is 0.479 e. The molecule has 7 nitrogen and oxygen atoms in total. The number of oxime groups is 1. The fraction of sp³-hybridized carbons (Fsp3) is 0.211. The van der Waals surface area contributed by atoms with Crippen LogP contribution >= 0.6 is 11.6 Å². The molecule has 28 heavy (non-hydrogen) atoms. The Morgan fingerprint density at radius 1 is 1.32 bits per heavy atom. The van der Waals surface area contributed by atoms with Crippen LogP contribution in [-0.4, -0.2) is 34.1 Å². The van der Waals surface area contributed by atoms with Crippen LogP contribution in [0, 0.1) is 12.7 Å². The number of methoxy groups -OCH3 is 1. The average Bonchev–Trinajstić information content (AvgIpc) is 3.15. The number of rotatable bonds is 4. The van der Waals surface area contributed by atoms with Crippen molar-refractivity contribution in [3.05, 3.63) is 70.6 Å². The first-order valence-corrected chi connectivity index (χ1v) is 8.91. The highest BCUT2D eigenvalue weighted by Crippen LogP contribution is 2.25. The summed E-state index contributed by atoms with van der Waals surface area (Å²) in [7, 11) is 1.55. The van der Waals surface area contributed by atoms with Gasteiger partial charge in [0.05, 0.1) is 30.2 Å². The molecule has 3 heterocycles. The molecule has 144 valence electrons. The monoisotopic (exact) mass is 401 g/mol. The van der Waals surface area contributed by atoms with Crippen molar-refractivity contribution >= 4 is 17.4 Å². The minimum atomic E-state index is -0.465. The second-order valence-electron chi connectivity index (χ2n) is 6.25. The van der Waals surface area contributed by atoms with Gasteiger partial charge < -0.3 is 19.5 Å². The summed E-state index contributed by atoms with van der Waals surface area (Å²) in [6, 6.07) is 7.99. The van der Waals surface area contributed by atoms with Gasteiger partial charge in [0, 0.05) is 6.20 Å². The highest BCUT2D eigenvalue weighted by molar-refractivity contribution is 6.30. The predicted octanol–water partition coefficient (Wildman–Crippen LogP) is 3.40. The third-order valence-corrected chi connectivity index (χ3v) is 4.61. The van der Waals surface area contributed by atoms with E-state index in [1.54, 1.807) is 25.6 Å². The molecule has 4 rings (SSSR count). The van der Waals surface area contributed by atoms with Crippen molar-refractivity contribution in [3.63, 3.8) is 0 Å². The maximum atomic E-state index is 13.4. The zero-order valence-electron chi connectivity index (χ0n) is 15.2. The van der Waals surface area contributed by atoms with E-state index in [1.165, 1.54) is 6.07 Å². The summed E-state index contributed by atoms with van der Waals surface area (Å²) >= 11 is 5.89. The number of nitrogens with zero attached hydrogens (tertiary/aromatic N) is 4. The molecule has 1 aliphatic rings. The SMILES string of the molecule is COc1nc(C2=NOCC(c3ccc(F)c(Cl)c3)N2)ccc1-n1cnc(C)c1. The van der Waals surface area contributed by atoms with Crippen molar-refractivity contribution in [2.75, 3.05) is 13.7 Å². The fourth-order valence-electron chi connectivity index (χ4n) is 2.90. The molecule has 9 heteroatoms. The van der Waals surface area contributed by atoms with E-state index in [0.717, 1.165) is 16.9 Å². The number of pyridine rings is 1. The molecule has 0 saturated heterocycles. The number of hydrogen-bond acceptors (Lipinski definition) is 6. The smallest absolute Gasteiger partial charge is 0.238 e. The van der Waals surface area contributed by atoms with Crippen LogP contribution in [0.15, 0.2) is 48.0 Å². The summed E-state index contributed by atoms with van der Waals surface area (Å²) in [5, 5.41) is 7.37. The first-order chi connectivity index (χ1) is 13.5. The van der Waals surface area contributed by atoms with E-state index in [-0.39, 0.29) is 17.7 Å². The van der Waals surface area contributed by atoms with E-state index in [1.807, 2.05) is 29.8 Å². The van der Waals surface area contributed by atoms with Crippen LogP contribution in [0.4, 0.5) is 4.39 Å². The Morgan fingerprint density at radius 3 is 2.89 bits per heavy atom. The third-order valence-electron chi connectivity index (χ3n) is 4.32. The maximum absolute atomic E-state index is 13.4. The summed E-state index contributed by atoms with van der Waals surface area (Å²) in [4.78, 5) is 14.1. The van der Waals surface area contributed by atoms with E-state index in [9.17, 15) is 4.39 Å². The van der Waals surface area contributed by atoms with Gasteiger partial charge in [-0.15, -0.1) is 0 Å². The van der Waals surface area contributed by atoms with Crippen molar-refractivity contribution in [1.29, 1.82) is 0 Å². The van der Waals surface area contributed by atoms with Crippen molar-refractivity contribution in [3.8, 4) is 11.6 Å². The van der Waals surface area contributed by atoms with E-state index < -0.39 is 5.82 Å². The Hall–Kier alpha value is -3.13. The van der Waals surface area contributed by atoms with Gasteiger partial charge in [-0.25, -0.2) is 14.4 Å². The highest BCUT2D eigenvalue weighted by Gasteiger charge is 2.23. The summed E-state index contributed by atoms with van der Waals surface area (Å²) in [6.45, 7) is 2.19. The van der Waals surface area contributed by atoms with Gasteiger partial charge in [0.25, 0.3) is 0 Å². The average molecular weight is 402 g/mol. The number of amidine groups is 1. The lowest BCUT2D eigenvalue weighted by Crippen LogP contribution is -2.36. The summed E-state index contributed by atoms with van der Waals surface area (Å²) in [6.07, 6.45) is 3.58. The van der Waals surface area contributed by atoms with Crippen LogP contribution in [0.1, 0.15) is 23.0 Å². The van der Waals surface area contributed by atoms with Crippen molar-refractivity contribution in [1.82, 2.24) is 19.9 Å². The van der Waals surface area contributed by atoms with Gasteiger partial charge in [0.15, 0.2) is 5.84 Å². The Labute approximate surface area is 165 Å². The second kappa shape index (κ2) is 7.47. The first-order valence-electron chi connectivity index (χ1n) is 8.53. The number of hydrogen-bond donors (Lipinski definition) is 1. The lowest BCUT2D eigenvalue weighted by molar-refractivity contribution is 0.109. The maximum Gasteiger partial charge on any atom is 0.238 e. The molecule has 1 N–H and O–H groups in total. The first kappa shape index (κ1) is 18.2. The molecule has 0 fully saturated rings. The minimum absolute atomic E-state index is 0.0585. The Balaban J connectivity index is 1.61. The molecule has 0 radical (unpaired) electrons. The van der Waals surface area contributed by atoms with Crippen LogP contribution in [0.2, 0.25) is 5.02 Å². The molecule has 1 aliphatic heterocycles. The second-order valence-corrected chi connectivity index (χ2v) is 6.66. The van der Waals surface area contributed by atoms with Gasteiger partial charge in [0.1, 0.15) is 23.8 Å². The van der Waals surface area contributed by atoms with Gasteiger partial charge in [-0.1, -0.05) is 22.8 Å². The number of benzene rings is 1. The van der Waals surface area contributed by atoms with Crippen LogP contribution in [-0.2, 0) is 4.84 Å². The van der Waals surface area contributed by atoms with Crippen molar-refractivity contribution in [2.24, 2.45) is 5.16 Å². The van der Waals surface area contributed by atoms with E-state index in [0.29, 0.717) is 17.4 Å². The zero-order valence-corrected chi connectivity index (χ0v) is 15.9. The van der Waals surface area contributed by atoms with Crippen LogP contribution < -0.4 is 10.1 Å². The number of ether oxygens (including phenoxy) is 1. The predicted molar refractivity (Wildman–Crippen MR) is 102 cm³/mol. The molecule has 0 spiro atoms. The standard InChI is InChI=1S/C19H17ClFN5O2/c1-11-8-26(10-22-11)17-6-5-15(24-19(17)27-2)18-23-16(9-28-25-18)12-3-4-14(21)13(20)7-12/h3-8,10,16H,9H2,1-2H3,(H,23,25). The number of halogens is 2. The fourth-order valence-corrected chi connectivity index (χ4v) is 3.09. The minimum Gasteiger partial charge on any atom is -0.479 e. The molecule has 3 aromatic rings. The molecule has 1 atom stereocenters. The van der Waals surface area contributed by atoms with Gasteiger partial charge in [0.2, 0.25) is 5.88 Å². The summed E-state index contributed by atoms with van der Waals surface area (Å²) in [5.41, 5.74) is 2.98. The van der Waals surface area contributed by atoms with Crippen molar-refractivity contribution < 1.29 is 14.0 Å². The molecular formula is C19H17ClFN5O2. The molecule has 1 aromatic carbocycles. The van der Waals surface area contributed by atoms with E-state index in [2.05, 4.69) is 20.4 Å². The Kier molecular flexibility index (Phi) is 4.87. The van der Waals surface area contributed by atoms with Crippen molar-refractivity contribution in [2.45, 2.75) is 13.0 Å². The normalized spacial score (nSPS) is 16.1. The van der Waals surface area contributed by atoms with Crippen LogP contribution in [0.25, 0.3) is 5.69 Å². The number of imidazole rings is 1. The van der Waals surface area contributed by atoms with Crippen LogP contribution in [0.3, 0.4) is 0 Å². The molecule has 0 aliphatic carbocycles. The van der Waals surface area contributed by atoms with Gasteiger partial charge >= 0.3 is 0 Å².